The van der Waals surface area contributed by atoms with Gasteiger partial charge in [0.25, 0.3) is 11.5 Å². The Bertz CT molecular complexity index is 683. The Morgan fingerprint density at radius 1 is 1.50 bits per heavy atom. The highest BCUT2D eigenvalue weighted by molar-refractivity contribution is 5.32. The lowest BCUT2D eigenvalue weighted by atomic mass is 10.1. The zero-order chi connectivity index (χ0) is 14.5. The SMILES string of the molecule is COc1cccc(Cc2cnc(N[N+](=O)[O-])[nH]c2=O)c1. The van der Waals surface area contributed by atoms with E-state index in [9.17, 15) is 14.9 Å². The number of aromatic amines is 1. The van der Waals surface area contributed by atoms with Gasteiger partial charge in [0.05, 0.1) is 7.11 Å². The minimum Gasteiger partial charge on any atom is -0.497 e. The molecule has 0 radical (unpaired) electrons. The number of ether oxygens (including phenoxy) is 1. The maximum absolute atomic E-state index is 11.8. The van der Waals surface area contributed by atoms with Crippen molar-refractivity contribution in [2.24, 2.45) is 0 Å². The van der Waals surface area contributed by atoms with Crippen molar-refractivity contribution < 1.29 is 9.77 Å². The summed E-state index contributed by atoms with van der Waals surface area (Å²) < 4.78 is 5.10. The molecule has 0 aliphatic carbocycles. The van der Waals surface area contributed by atoms with Crippen LogP contribution in [0, 0.1) is 10.1 Å². The van der Waals surface area contributed by atoms with Crippen LogP contribution in [0.25, 0.3) is 0 Å². The molecule has 0 spiro atoms. The van der Waals surface area contributed by atoms with Crippen LogP contribution in [0.15, 0.2) is 35.3 Å². The summed E-state index contributed by atoms with van der Waals surface area (Å²) in [4.78, 5) is 28.1. The highest BCUT2D eigenvalue weighted by Crippen LogP contribution is 2.14. The van der Waals surface area contributed by atoms with Gasteiger partial charge in [0.2, 0.25) is 0 Å². The number of nitro groups is 1. The van der Waals surface area contributed by atoms with Crippen molar-refractivity contribution in [2.45, 2.75) is 6.42 Å². The van der Waals surface area contributed by atoms with Gasteiger partial charge in [-0.05, 0) is 17.7 Å². The van der Waals surface area contributed by atoms with Crippen LogP contribution in [0.1, 0.15) is 11.1 Å². The fraction of sp³-hybridized carbons (Fsp3) is 0.167. The second-order valence-electron chi connectivity index (χ2n) is 3.98. The summed E-state index contributed by atoms with van der Waals surface area (Å²) in [6, 6.07) is 7.28. The molecular formula is C12H12N4O4. The Morgan fingerprint density at radius 3 is 2.95 bits per heavy atom. The molecule has 0 fully saturated rings. The van der Waals surface area contributed by atoms with E-state index >= 15 is 0 Å². The minimum atomic E-state index is -0.792. The summed E-state index contributed by atoms with van der Waals surface area (Å²) >= 11 is 0. The molecule has 0 saturated heterocycles. The van der Waals surface area contributed by atoms with Crippen molar-refractivity contribution >= 4 is 5.95 Å². The molecule has 0 bridgehead atoms. The molecule has 0 aliphatic rings. The van der Waals surface area contributed by atoms with Crippen molar-refractivity contribution in [3.8, 4) is 5.75 Å². The second kappa shape index (κ2) is 5.83. The summed E-state index contributed by atoms with van der Waals surface area (Å²) in [5.74, 6) is 0.493. The predicted octanol–water partition coefficient (Wildman–Crippen LogP) is 0.973. The third-order valence-electron chi connectivity index (χ3n) is 2.60. The van der Waals surface area contributed by atoms with E-state index in [1.807, 2.05) is 18.2 Å². The van der Waals surface area contributed by atoms with Gasteiger partial charge in [-0.25, -0.2) is 15.1 Å². The number of methoxy groups -OCH3 is 1. The summed E-state index contributed by atoms with van der Waals surface area (Å²) in [6.45, 7) is 0. The van der Waals surface area contributed by atoms with Crippen LogP contribution in [-0.4, -0.2) is 22.1 Å². The van der Waals surface area contributed by atoms with Gasteiger partial charge in [0.15, 0.2) is 5.03 Å². The smallest absolute Gasteiger partial charge is 0.265 e. The Morgan fingerprint density at radius 2 is 2.30 bits per heavy atom. The standard InChI is InChI=1S/C12H12N4O4/c1-20-10-4-2-3-8(6-10)5-9-7-13-12(14-11(9)17)15-16(18)19/h2-4,6-7H,5H2,1H3,(H2,13,14,15,17). The topological polar surface area (TPSA) is 110 Å². The lowest BCUT2D eigenvalue weighted by Gasteiger charge is -2.04. The van der Waals surface area contributed by atoms with Crippen LogP contribution >= 0.6 is 0 Å². The molecule has 2 aromatic rings. The Balaban J connectivity index is 2.21. The van der Waals surface area contributed by atoms with Gasteiger partial charge in [-0.1, -0.05) is 17.6 Å². The van der Waals surface area contributed by atoms with E-state index in [-0.39, 0.29) is 5.95 Å². The quantitative estimate of drug-likeness (QED) is 0.622. The van der Waals surface area contributed by atoms with Crippen molar-refractivity contribution in [1.29, 1.82) is 0 Å². The lowest BCUT2D eigenvalue weighted by molar-refractivity contribution is -0.446. The van der Waals surface area contributed by atoms with Crippen LogP contribution in [0.2, 0.25) is 0 Å². The molecule has 2 rings (SSSR count). The third-order valence-corrected chi connectivity index (χ3v) is 2.60. The van der Waals surface area contributed by atoms with Gasteiger partial charge in [-0.2, -0.15) is 0 Å². The number of aromatic nitrogens is 2. The molecule has 1 aromatic carbocycles. The number of H-pyrrole nitrogens is 1. The van der Waals surface area contributed by atoms with Crippen LogP contribution in [0.5, 0.6) is 5.75 Å². The number of hydrogen-bond donors (Lipinski definition) is 2. The fourth-order valence-electron chi connectivity index (χ4n) is 1.69. The van der Waals surface area contributed by atoms with Gasteiger partial charge in [-0.3, -0.25) is 9.78 Å². The van der Waals surface area contributed by atoms with Crippen LogP contribution < -0.4 is 15.7 Å². The number of nitrogens with one attached hydrogen (secondary N) is 2. The predicted molar refractivity (Wildman–Crippen MR) is 71.3 cm³/mol. The molecule has 8 nitrogen and oxygen atoms in total. The number of hydrazine groups is 1. The first-order valence-electron chi connectivity index (χ1n) is 5.70. The first-order chi connectivity index (χ1) is 9.58. The van der Waals surface area contributed by atoms with E-state index < -0.39 is 10.6 Å². The van der Waals surface area contributed by atoms with E-state index in [1.165, 1.54) is 6.20 Å². The van der Waals surface area contributed by atoms with Crippen LogP contribution in [-0.2, 0) is 6.42 Å². The number of rotatable bonds is 5. The van der Waals surface area contributed by atoms with Crippen molar-refractivity contribution in [1.82, 2.24) is 9.97 Å². The molecule has 0 aliphatic heterocycles. The molecule has 104 valence electrons. The van der Waals surface area contributed by atoms with E-state index in [1.54, 1.807) is 18.6 Å². The maximum atomic E-state index is 11.8. The van der Waals surface area contributed by atoms with Gasteiger partial charge in [-0.15, -0.1) is 0 Å². The summed E-state index contributed by atoms with van der Waals surface area (Å²) in [7, 11) is 1.56. The summed E-state index contributed by atoms with van der Waals surface area (Å²) in [5.41, 5.74) is 2.66. The monoisotopic (exact) mass is 276 g/mol. The van der Waals surface area contributed by atoms with Crippen LogP contribution in [0.3, 0.4) is 0 Å². The molecule has 0 amide bonds. The average molecular weight is 276 g/mol. The molecule has 2 N–H and O–H groups in total. The van der Waals surface area contributed by atoms with Crippen molar-refractivity contribution in [3.05, 3.63) is 62.1 Å². The van der Waals surface area contributed by atoms with Gasteiger partial charge in [0.1, 0.15) is 5.75 Å². The molecule has 0 saturated carbocycles. The van der Waals surface area contributed by atoms with Gasteiger partial charge in [0, 0.05) is 18.2 Å². The molecule has 1 heterocycles. The van der Waals surface area contributed by atoms with Crippen molar-refractivity contribution in [3.63, 3.8) is 0 Å². The minimum absolute atomic E-state index is 0.200. The highest BCUT2D eigenvalue weighted by atomic mass is 16.7. The number of benzene rings is 1. The number of anilines is 1. The molecule has 1 aromatic heterocycles. The second-order valence-corrected chi connectivity index (χ2v) is 3.98. The van der Waals surface area contributed by atoms with E-state index in [0.717, 1.165) is 5.56 Å². The summed E-state index contributed by atoms with van der Waals surface area (Å²) in [6.07, 6.45) is 1.67. The lowest BCUT2D eigenvalue weighted by Crippen LogP contribution is -2.19. The van der Waals surface area contributed by atoms with Crippen molar-refractivity contribution in [2.75, 3.05) is 12.5 Å². The van der Waals surface area contributed by atoms with E-state index in [4.69, 9.17) is 4.74 Å². The molecular weight excluding hydrogens is 264 g/mol. The number of nitrogens with zero attached hydrogens (tertiary/aromatic N) is 2. The average Bonchev–Trinajstić information content (AvgIpc) is 2.41. The third kappa shape index (κ3) is 3.31. The van der Waals surface area contributed by atoms with Gasteiger partial charge < -0.3 is 4.74 Å². The molecule has 0 unspecified atom stereocenters. The first kappa shape index (κ1) is 13.5. The fourth-order valence-corrected chi connectivity index (χ4v) is 1.69. The largest absolute Gasteiger partial charge is 0.497 e. The van der Waals surface area contributed by atoms with Crippen LogP contribution in [0.4, 0.5) is 5.95 Å². The van der Waals surface area contributed by atoms with Gasteiger partial charge >= 0.3 is 0 Å². The number of hydrogen-bond acceptors (Lipinski definition) is 5. The maximum Gasteiger partial charge on any atom is 0.265 e. The van der Waals surface area contributed by atoms with E-state index in [0.29, 0.717) is 17.7 Å². The Kier molecular flexibility index (Phi) is 3.94. The zero-order valence-corrected chi connectivity index (χ0v) is 10.6. The first-order valence-corrected chi connectivity index (χ1v) is 5.70. The van der Waals surface area contributed by atoms with E-state index in [2.05, 4.69) is 9.97 Å². The zero-order valence-electron chi connectivity index (χ0n) is 10.6. The molecule has 0 atom stereocenters. The molecule has 20 heavy (non-hydrogen) atoms. The Hall–Kier alpha value is -2.90. The summed E-state index contributed by atoms with van der Waals surface area (Å²) in [5, 5.41) is 9.45. The highest BCUT2D eigenvalue weighted by Gasteiger charge is 2.07. The Labute approximate surface area is 113 Å². The molecule has 8 heteroatoms. The normalized spacial score (nSPS) is 10.1.